The van der Waals surface area contributed by atoms with Crippen molar-refractivity contribution in [2.45, 2.75) is 26.3 Å². The van der Waals surface area contributed by atoms with Gasteiger partial charge in [-0.1, -0.05) is 12.1 Å². The van der Waals surface area contributed by atoms with Crippen LogP contribution in [0.4, 0.5) is 8.78 Å². The molecule has 0 aliphatic rings. The number of rotatable bonds is 5. The van der Waals surface area contributed by atoms with Crippen molar-refractivity contribution in [1.82, 2.24) is 5.32 Å². The average molecular weight is 271 g/mol. The lowest BCUT2D eigenvalue weighted by atomic mass is 10.0. The predicted molar refractivity (Wildman–Crippen MR) is 64.5 cm³/mol. The molecule has 0 saturated heterocycles. The van der Waals surface area contributed by atoms with E-state index in [9.17, 15) is 18.4 Å². The second kappa shape index (κ2) is 6.26. The van der Waals surface area contributed by atoms with E-state index < -0.39 is 35.5 Å². The molecule has 0 spiro atoms. The first-order valence-corrected chi connectivity index (χ1v) is 5.78. The number of carbonyl (C=O) groups excluding carboxylic acids is 1. The smallest absolute Gasteiger partial charge is 0.308 e. The fourth-order valence-electron chi connectivity index (χ4n) is 1.50. The van der Waals surface area contributed by atoms with Gasteiger partial charge >= 0.3 is 5.97 Å². The molecule has 0 radical (unpaired) electrons. The highest BCUT2D eigenvalue weighted by molar-refractivity contribution is 5.80. The molecular formula is C13H15F2NO3. The van der Waals surface area contributed by atoms with Crippen LogP contribution in [0, 0.1) is 17.6 Å². The van der Waals surface area contributed by atoms with Gasteiger partial charge in [0.15, 0.2) is 11.6 Å². The normalized spacial score (nSPS) is 13.7. The monoisotopic (exact) mass is 271 g/mol. The van der Waals surface area contributed by atoms with Gasteiger partial charge in [-0.3, -0.25) is 9.59 Å². The summed E-state index contributed by atoms with van der Waals surface area (Å²) < 4.78 is 26.3. The van der Waals surface area contributed by atoms with E-state index in [1.165, 1.54) is 19.1 Å². The van der Waals surface area contributed by atoms with Crippen LogP contribution < -0.4 is 5.32 Å². The van der Waals surface area contributed by atoms with Crippen molar-refractivity contribution >= 4 is 11.9 Å². The van der Waals surface area contributed by atoms with Gasteiger partial charge in [0.2, 0.25) is 5.91 Å². The Morgan fingerprint density at radius 1 is 1.32 bits per heavy atom. The van der Waals surface area contributed by atoms with Gasteiger partial charge in [-0.05, 0) is 19.9 Å². The molecule has 2 N–H and O–H groups in total. The summed E-state index contributed by atoms with van der Waals surface area (Å²) in [5.41, 5.74) is -0.0623. The van der Waals surface area contributed by atoms with E-state index in [0.29, 0.717) is 0 Å². The summed E-state index contributed by atoms with van der Waals surface area (Å²) in [7, 11) is 0. The molecule has 1 aromatic rings. The first kappa shape index (κ1) is 15.1. The first-order chi connectivity index (χ1) is 8.82. The van der Waals surface area contributed by atoms with Crippen molar-refractivity contribution in [1.29, 1.82) is 0 Å². The Morgan fingerprint density at radius 2 is 1.95 bits per heavy atom. The van der Waals surface area contributed by atoms with E-state index in [1.807, 2.05) is 0 Å². The molecule has 0 aliphatic carbocycles. The van der Waals surface area contributed by atoms with Crippen LogP contribution in [0.15, 0.2) is 18.2 Å². The standard InChI is InChI=1S/C13H15F2NO3/c1-7(13(18)19)8(2)16-11(17)6-9-4-3-5-10(14)12(9)15/h3-5,7-8H,6H2,1-2H3,(H,16,17)(H,18,19). The van der Waals surface area contributed by atoms with Crippen molar-refractivity contribution in [3.63, 3.8) is 0 Å². The second-order valence-electron chi connectivity index (χ2n) is 4.37. The van der Waals surface area contributed by atoms with Gasteiger partial charge in [-0.25, -0.2) is 8.78 Å². The summed E-state index contributed by atoms with van der Waals surface area (Å²) in [6, 6.07) is 2.99. The Labute approximate surface area is 109 Å². The summed E-state index contributed by atoms with van der Waals surface area (Å²) in [4.78, 5) is 22.3. The molecule has 0 aromatic heterocycles. The average Bonchev–Trinajstić information content (AvgIpc) is 2.33. The number of carbonyl (C=O) groups is 2. The largest absolute Gasteiger partial charge is 0.481 e. The van der Waals surface area contributed by atoms with Gasteiger partial charge in [-0.2, -0.15) is 0 Å². The Hall–Kier alpha value is -1.98. The number of halogens is 2. The van der Waals surface area contributed by atoms with Crippen molar-refractivity contribution in [2.24, 2.45) is 5.92 Å². The van der Waals surface area contributed by atoms with Gasteiger partial charge in [0, 0.05) is 11.6 Å². The lowest BCUT2D eigenvalue weighted by Gasteiger charge is -2.17. The molecule has 1 amide bonds. The summed E-state index contributed by atoms with van der Waals surface area (Å²) in [6.07, 6.45) is -0.333. The van der Waals surface area contributed by atoms with Crippen LogP contribution in [0.2, 0.25) is 0 Å². The SMILES string of the molecule is CC(NC(=O)Cc1cccc(F)c1F)C(C)C(=O)O. The third-order valence-electron chi connectivity index (χ3n) is 2.91. The quantitative estimate of drug-likeness (QED) is 0.857. The van der Waals surface area contributed by atoms with Crippen LogP contribution in [-0.2, 0) is 16.0 Å². The molecule has 104 valence electrons. The van der Waals surface area contributed by atoms with E-state index in [2.05, 4.69) is 5.32 Å². The maximum Gasteiger partial charge on any atom is 0.308 e. The van der Waals surface area contributed by atoms with Crippen LogP contribution in [0.3, 0.4) is 0 Å². The molecule has 0 aliphatic heterocycles. The number of amides is 1. The minimum absolute atomic E-state index is 0.0623. The summed E-state index contributed by atoms with van der Waals surface area (Å²) >= 11 is 0. The van der Waals surface area contributed by atoms with Crippen LogP contribution in [0.1, 0.15) is 19.4 Å². The van der Waals surface area contributed by atoms with Gasteiger partial charge in [0.25, 0.3) is 0 Å². The van der Waals surface area contributed by atoms with E-state index >= 15 is 0 Å². The minimum Gasteiger partial charge on any atom is -0.481 e. The molecule has 0 bridgehead atoms. The van der Waals surface area contributed by atoms with Crippen molar-refractivity contribution < 1.29 is 23.5 Å². The minimum atomic E-state index is -1.06. The molecule has 2 atom stereocenters. The molecule has 1 rings (SSSR count). The lowest BCUT2D eigenvalue weighted by molar-refractivity contribution is -0.142. The highest BCUT2D eigenvalue weighted by Crippen LogP contribution is 2.12. The predicted octanol–water partition coefficient (Wildman–Crippen LogP) is 1.73. The molecule has 0 fully saturated rings. The number of hydrogen-bond donors (Lipinski definition) is 2. The lowest BCUT2D eigenvalue weighted by Crippen LogP contribution is -2.40. The Morgan fingerprint density at radius 3 is 2.53 bits per heavy atom. The number of hydrogen-bond acceptors (Lipinski definition) is 2. The van der Waals surface area contributed by atoms with Crippen LogP contribution >= 0.6 is 0 Å². The van der Waals surface area contributed by atoms with Crippen molar-refractivity contribution in [3.05, 3.63) is 35.4 Å². The van der Waals surface area contributed by atoms with Gasteiger partial charge in [0.05, 0.1) is 12.3 Å². The fourth-order valence-corrected chi connectivity index (χ4v) is 1.50. The maximum atomic E-state index is 13.3. The van der Waals surface area contributed by atoms with Crippen molar-refractivity contribution in [2.75, 3.05) is 0 Å². The van der Waals surface area contributed by atoms with E-state index in [0.717, 1.165) is 6.07 Å². The zero-order valence-electron chi connectivity index (χ0n) is 10.6. The Kier molecular flexibility index (Phi) is 4.97. The Balaban J connectivity index is 2.66. The van der Waals surface area contributed by atoms with Crippen LogP contribution in [-0.4, -0.2) is 23.0 Å². The molecular weight excluding hydrogens is 256 g/mol. The third-order valence-corrected chi connectivity index (χ3v) is 2.91. The summed E-state index contributed by atoms with van der Waals surface area (Å²) in [5, 5.41) is 11.2. The third kappa shape index (κ3) is 4.01. The number of benzene rings is 1. The summed E-state index contributed by atoms with van der Waals surface area (Å²) in [5.74, 6) is -4.43. The molecule has 19 heavy (non-hydrogen) atoms. The van der Waals surface area contributed by atoms with Crippen LogP contribution in [0.25, 0.3) is 0 Å². The van der Waals surface area contributed by atoms with Gasteiger partial charge in [0.1, 0.15) is 0 Å². The van der Waals surface area contributed by atoms with Gasteiger partial charge in [-0.15, -0.1) is 0 Å². The maximum absolute atomic E-state index is 13.3. The number of nitrogens with one attached hydrogen (secondary N) is 1. The highest BCUT2D eigenvalue weighted by Gasteiger charge is 2.21. The second-order valence-corrected chi connectivity index (χ2v) is 4.37. The molecule has 2 unspecified atom stereocenters. The number of aliphatic carboxylic acids is 1. The van der Waals surface area contributed by atoms with E-state index in [4.69, 9.17) is 5.11 Å². The molecule has 0 saturated carbocycles. The van der Waals surface area contributed by atoms with Gasteiger partial charge < -0.3 is 10.4 Å². The molecule has 4 nitrogen and oxygen atoms in total. The molecule has 6 heteroatoms. The number of carboxylic acid groups (broad SMARTS) is 1. The van der Waals surface area contributed by atoms with E-state index in [1.54, 1.807) is 6.92 Å². The zero-order chi connectivity index (χ0) is 14.6. The fraction of sp³-hybridized carbons (Fsp3) is 0.385. The molecule has 0 heterocycles. The molecule has 1 aromatic carbocycles. The van der Waals surface area contributed by atoms with Crippen molar-refractivity contribution in [3.8, 4) is 0 Å². The van der Waals surface area contributed by atoms with E-state index in [-0.39, 0.29) is 12.0 Å². The first-order valence-electron chi connectivity index (χ1n) is 5.78. The summed E-state index contributed by atoms with van der Waals surface area (Å²) in [6.45, 7) is 2.99. The van der Waals surface area contributed by atoms with Crippen LogP contribution in [0.5, 0.6) is 0 Å². The Bertz CT molecular complexity index is 491. The zero-order valence-corrected chi connectivity index (χ0v) is 10.6. The topological polar surface area (TPSA) is 66.4 Å². The number of carboxylic acids is 1. The highest BCUT2D eigenvalue weighted by atomic mass is 19.2.